The first-order valence-corrected chi connectivity index (χ1v) is 7.18. The quantitative estimate of drug-likeness (QED) is 0.759. The maximum Gasteiger partial charge on any atom is 0.349 e. The van der Waals surface area contributed by atoms with E-state index in [-0.39, 0.29) is 0 Å². The van der Waals surface area contributed by atoms with E-state index >= 15 is 0 Å². The second-order valence-electron chi connectivity index (χ2n) is 4.76. The molecule has 0 spiro atoms. The van der Waals surface area contributed by atoms with Gasteiger partial charge in [-0.3, -0.25) is 0 Å². The monoisotopic (exact) mass is 329 g/mol. The van der Waals surface area contributed by atoms with E-state index < -0.39 is 12.1 Å². The number of hydrogen-bond acceptors (Lipinski definition) is 4. The van der Waals surface area contributed by atoms with Gasteiger partial charge in [-0.25, -0.2) is 4.79 Å². The van der Waals surface area contributed by atoms with E-state index in [1.165, 1.54) is 6.20 Å². The molecule has 0 amide bonds. The van der Waals surface area contributed by atoms with Gasteiger partial charge in [0.1, 0.15) is 5.75 Å². The second-order valence-corrected chi connectivity index (χ2v) is 5.20. The molecule has 0 saturated carbocycles. The largest absolute Gasteiger partial charge is 0.478 e. The maximum atomic E-state index is 11.6. The standard InChI is InChI=1S/C17H12ClNO4/c18-12-6-7-14(13(10-12)15-8-9-19-23-15)22-16(17(20)21)11-4-2-1-3-5-11/h1-10,16H,(H,20,21). The molecule has 0 fully saturated rings. The van der Waals surface area contributed by atoms with Gasteiger partial charge in [0.15, 0.2) is 5.76 Å². The zero-order valence-electron chi connectivity index (χ0n) is 11.8. The lowest BCUT2D eigenvalue weighted by molar-refractivity contribution is -0.145. The van der Waals surface area contributed by atoms with Crippen LogP contribution in [-0.2, 0) is 4.79 Å². The van der Waals surface area contributed by atoms with Gasteiger partial charge >= 0.3 is 5.97 Å². The molecular formula is C17H12ClNO4. The van der Waals surface area contributed by atoms with E-state index in [0.29, 0.717) is 27.7 Å². The first kappa shape index (κ1) is 15.1. The lowest BCUT2D eigenvalue weighted by Crippen LogP contribution is -2.18. The molecule has 0 bridgehead atoms. The highest BCUT2D eigenvalue weighted by Crippen LogP contribution is 2.35. The summed E-state index contributed by atoms with van der Waals surface area (Å²) in [6.45, 7) is 0. The summed E-state index contributed by atoms with van der Waals surface area (Å²) >= 11 is 6.02. The van der Waals surface area contributed by atoms with Gasteiger partial charge in [-0.05, 0) is 18.2 Å². The Hall–Kier alpha value is -2.79. The molecule has 1 unspecified atom stereocenters. The summed E-state index contributed by atoms with van der Waals surface area (Å²) in [5, 5.41) is 13.6. The lowest BCUT2D eigenvalue weighted by atomic mass is 10.1. The van der Waals surface area contributed by atoms with E-state index in [2.05, 4.69) is 5.16 Å². The molecule has 3 rings (SSSR count). The Morgan fingerprint density at radius 1 is 1.17 bits per heavy atom. The third-order valence-electron chi connectivity index (χ3n) is 3.22. The van der Waals surface area contributed by atoms with Gasteiger partial charge < -0.3 is 14.4 Å². The number of halogens is 1. The van der Waals surface area contributed by atoms with Crippen LogP contribution < -0.4 is 4.74 Å². The van der Waals surface area contributed by atoms with Crippen LogP contribution in [0.15, 0.2) is 65.3 Å². The molecule has 6 heteroatoms. The van der Waals surface area contributed by atoms with Crippen molar-refractivity contribution in [2.75, 3.05) is 0 Å². The first-order chi connectivity index (χ1) is 11.1. The van der Waals surface area contributed by atoms with Crippen LogP contribution >= 0.6 is 11.6 Å². The Balaban J connectivity index is 2.00. The van der Waals surface area contributed by atoms with Crippen LogP contribution in [-0.4, -0.2) is 16.2 Å². The lowest BCUT2D eigenvalue weighted by Gasteiger charge is -2.17. The van der Waals surface area contributed by atoms with Gasteiger partial charge in [0, 0.05) is 16.7 Å². The van der Waals surface area contributed by atoms with Crippen LogP contribution in [0.2, 0.25) is 5.02 Å². The number of carbonyl (C=O) groups is 1. The van der Waals surface area contributed by atoms with Crippen LogP contribution in [0.4, 0.5) is 0 Å². The molecule has 1 heterocycles. The molecule has 23 heavy (non-hydrogen) atoms. The topological polar surface area (TPSA) is 72.6 Å². The van der Waals surface area contributed by atoms with Crippen LogP contribution in [0.3, 0.4) is 0 Å². The normalized spacial score (nSPS) is 11.9. The minimum absolute atomic E-state index is 0.349. The number of ether oxygens (including phenoxy) is 1. The van der Waals surface area contributed by atoms with Gasteiger partial charge in [0.05, 0.1) is 11.8 Å². The second kappa shape index (κ2) is 6.54. The predicted octanol–water partition coefficient (Wildman–Crippen LogP) is 4.20. The number of carboxylic acid groups (broad SMARTS) is 1. The summed E-state index contributed by atoms with van der Waals surface area (Å²) < 4.78 is 10.9. The zero-order chi connectivity index (χ0) is 16.2. The Kier molecular flexibility index (Phi) is 4.30. The molecule has 0 saturated heterocycles. The molecule has 116 valence electrons. The van der Waals surface area contributed by atoms with E-state index in [1.54, 1.807) is 48.5 Å². The Morgan fingerprint density at radius 2 is 1.96 bits per heavy atom. The maximum absolute atomic E-state index is 11.6. The average molecular weight is 330 g/mol. The number of aromatic nitrogens is 1. The smallest absolute Gasteiger partial charge is 0.349 e. The molecule has 0 aliphatic carbocycles. The van der Waals surface area contributed by atoms with E-state index in [0.717, 1.165) is 0 Å². The summed E-state index contributed by atoms with van der Waals surface area (Å²) in [6, 6.07) is 15.2. The predicted molar refractivity (Wildman–Crippen MR) is 84.4 cm³/mol. The van der Waals surface area contributed by atoms with Crippen molar-refractivity contribution in [3.05, 3.63) is 71.4 Å². The summed E-state index contributed by atoms with van der Waals surface area (Å²) in [5.41, 5.74) is 1.08. The van der Waals surface area contributed by atoms with Gasteiger partial charge in [-0.2, -0.15) is 0 Å². The van der Waals surface area contributed by atoms with Gasteiger partial charge in [-0.1, -0.05) is 47.1 Å². The molecule has 3 aromatic rings. The summed E-state index contributed by atoms with van der Waals surface area (Å²) in [7, 11) is 0. The van der Waals surface area contributed by atoms with Crippen molar-refractivity contribution in [2.45, 2.75) is 6.10 Å². The Bertz CT molecular complexity index is 803. The van der Waals surface area contributed by atoms with Crippen molar-refractivity contribution < 1.29 is 19.2 Å². The fraction of sp³-hybridized carbons (Fsp3) is 0.0588. The van der Waals surface area contributed by atoms with Crippen molar-refractivity contribution in [3.8, 4) is 17.1 Å². The van der Waals surface area contributed by atoms with Crippen LogP contribution in [0.25, 0.3) is 11.3 Å². The molecule has 0 aliphatic heterocycles. The SMILES string of the molecule is O=C(O)C(Oc1ccc(Cl)cc1-c1ccno1)c1ccccc1. The highest BCUT2D eigenvalue weighted by Gasteiger charge is 2.23. The third-order valence-corrected chi connectivity index (χ3v) is 3.45. The minimum Gasteiger partial charge on any atom is -0.478 e. The molecule has 2 aromatic carbocycles. The van der Waals surface area contributed by atoms with Crippen LogP contribution in [0.5, 0.6) is 5.75 Å². The Labute approximate surface area is 137 Å². The fourth-order valence-electron chi connectivity index (χ4n) is 2.17. The number of carboxylic acids is 1. The summed E-state index contributed by atoms with van der Waals surface area (Å²) in [6.07, 6.45) is 0.352. The molecule has 1 aromatic heterocycles. The van der Waals surface area contributed by atoms with Gasteiger partial charge in [0.2, 0.25) is 6.10 Å². The average Bonchev–Trinajstić information content (AvgIpc) is 3.08. The van der Waals surface area contributed by atoms with Crippen molar-refractivity contribution in [3.63, 3.8) is 0 Å². The fourth-order valence-corrected chi connectivity index (χ4v) is 2.34. The minimum atomic E-state index is -1.14. The number of rotatable bonds is 5. The van der Waals surface area contributed by atoms with Crippen molar-refractivity contribution in [2.24, 2.45) is 0 Å². The van der Waals surface area contributed by atoms with Crippen LogP contribution in [0.1, 0.15) is 11.7 Å². The highest BCUT2D eigenvalue weighted by atomic mass is 35.5. The number of hydrogen-bond donors (Lipinski definition) is 1. The molecule has 1 N–H and O–H groups in total. The Morgan fingerprint density at radius 3 is 2.61 bits per heavy atom. The van der Waals surface area contributed by atoms with Crippen molar-refractivity contribution in [1.29, 1.82) is 0 Å². The number of benzene rings is 2. The molecule has 1 atom stereocenters. The molecule has 0 radical (unpaired) electrons. The zero-order valence-corrected chi connectivity index (χ0v) is 12.6. The van der Waals surface area contributed by atoms with Crippen molar-refractivity contribution >= 4 is 17.6 Å². The molecule has 5 nitrogen and oxygen atoms in total. The number of aliphatic carboxylic acids is 1. The van der Waals surface area contributed by atoms with E-state index in [1.807, 2.05) is 6.07 Å². The molecule has 0 aliphatic rings. The van der Waals surface area contributed by atoms with E-state index in [4.69, 9.17) is 20.9 Å². The summed E-state index contributed by atoms with van der Waals surface area (Å²) in [4.78, 5) is 11.6. The third kappa shape index (κ3) is 3.35. The first-order valence-electron chi connectivity index (χ1n) is 6.80. The van der Waals surface area contributed by atoms with Gasteiger partial charge in [0.25, 0.3) is 0 Å². The van der Waals surface area contributed by atoms with Crippen LogP contribution in [0, 0.1) is 0 Å². The highest BCUT2D eigenvalue weighted by molar-refractivity contribution is 6.30. The summed E-state index contributed by atoms with van der Waals surface area (Å²) in [5.74, 6) is -0.295. The molecular weight excluding hydrogens is 318 g/mol. The van der Waals surface area contributed by atoms with Gasteiger partial charge in [-0.15, -0.1) is 0 Å². The number of nitrogens with zero attached hydrogens (tertiary/aromatic N) is 1. The van der Waals surface area contributed by atoms with Crippen molar-refractivity contribution in [1.82, 2.24) is 5.16 Å². The van der Waals surface area contributed by atoms with E-state index in [9.17, 15) is 9.90 Å².